The monoisotopic (exact) mass is 322 g/mol. The largest absolute Gasteiger partial charge is 0.435 e. The topological polar surface area (TPSA) is 52.0 Å². The van der Waals surface area contributed by atoms with Crippen molar-refractivity contribution in [1.82, 2.24) is 4.98 Å². The average molecular weight is 324 g/mol. The Hall–Kier alpha value is -1.52. The third-order valence-corrected chi connectivity index (χ3v) is 3.54. The van der Waals surface area contributed by atoms with Crippen LogP contribution < -0.4 is 5.73 Å². The minimum Gasteiger partial charge on any atom is -0.435 e. The first-order chi connectivity index (χ1) is 8.65. The van der Waals surface area contributed by atoms with Gasteiger partial charge in [-0.2, -0.15) is 0 Å². The van der Waals surface area contributed by atoms with Crippen LogP contribution in [0.15, 0.2) is 45.3 Å². The molecule has 0 saturated carbocycles. The zero-order valence-corrected chi connectivity index (χ0v) is 11.5. The molecule has 18 heavy (non-hydrogen) atoms. The van der Waals surface area contributed by atoms with Gasteiger partial charge in [-0.3, -0.25) is 0 Å². The highest BCUT2D eigenvalue weighted by atomic mass is 79.9. The maximum Gasteiger partial charge on any atom is 0.228 e. The molecule has 0 aliphatic heterocycles. The number of aromatic nitrogens is 1. The number of nitrogens with zero attached hydrogens (tertiary/aromatic N) is 1. The molecule has 2 N–H and O–H groups in total. The van der Waals surface area contributed by atoms with E-state index in [1.807, 2.05) is 18.2 Å². The summed E-state index contributed by atoms with van der Waals surface area (Å²) in [5, 5.41) is 0.562. The van der Waals surface area contributed by atoms with Gasteiger partial charge in [-0.1, -0.05) is 17.7 Å². The Labute approximate surface area is 117 Å². The van der Waals surface area contributed by atoms with Crippen LogP contribution in [0, 0.1) is 0 Å². The molecule has 0 aliphatic rings. The lowest BCUT2D eigenvalue weighted by atomic mass is 10.2. The van der Waals surface area contributed by atoms with Crippen LogP contribution in [0.4, 0.5) is 5.69 Å². The van der Waals surface area contributed by atoms with Crippen LogP contribution in [0.25, 0.3) is 22.6 Å². The van der Waals surface area contributed by atoms with E-state index < -0.39 is 0 Å². The van der Waals surface area contributed by atoms with Gasteiger partial charge in [0.2, 0.25) is 5.89 Å². The first kappa shape index (κ1) is 11.6. The fourth-order valence-electron chi connectivity index (χ4n) is 1.74. The highest BCUT2D eigenvalue weighted by molar-refractivity contribution is 9.10. The predicted molar refractivity (Wildman–Crippen MR) is 76.6 cm³/mol. The third kappa shape index (κ3) is 1.87. The predicted octanol–water partition coefficient (Wildman–Crippen LogP) is 4.49. The van der Waals surface area contributed by atoms with Crippen molar-refractivity contribution in [2.45, 2.75) is 0 Å². The molecule has 3 aromatic rings. The van der Waals surface area contributed by atoms with Crippen LogP contribution in [-0.2, 0) is 0 Å². The number of oxazole rings is 1. The van der Waals surface area contributed by atoms with Crippen LogP contribution in [-0.4, -0.2) is 4.98 Å². The van der Waals surface area contributed by atoms with Crippen LogP contribution in [0.1, 0.15) is 0 Å². The normalized spacial score (nSPS) is 11.0. The summed E-state index contributed by atoms with van der Waals surface area (Å²) in [7, 11) is 0. The molecule has 5 heteroatoms. The van der Waals surface area contributed by atoms with Gasteiger partial charge in [-0.05, 0) is 46.3 Å². The summed E-state index contributed by atoms with van der Waals surface area (Å²) >= 11 is 9.56. The van der Waals surface area contributed by atoms with Crippen molar-refractivity contribution in [3.8, 4) is 11.5 Å². The van der Waals surface area contributed by atoms with E-state index in [9.17, 15) is 0 Å². The maximum absolute atomic E-state index is 6.13. The lowest BCUT2D eigenvalue weighted by Crippen LogP contribution is -1.86. The summed E-state index contributed by atoms with van der Waals surface area (Å²) < 4.78 is 6.58. The van der Waals surface area contributed by atoms with E-state index in [2.05, 4.69) is 20.9 Å². The Bertz CT molecular complexity index is 739. The van der Waals surface area contributed by atoms with E-state index in [4.69, 9.17) is 21.8 Å². The Balaban J connectivity index is 2.26. The Morgan fingerprint density at radius 2 is 2.06 bits per heavy atom. The van der Waals surface area contributed by atoms with E-state index >= 15 is 0 Å². The molecule has 0 unspecified atom stereocenters. The second-order valence-corrected chi connectivity index (χ2v) is 5.11. The number of benzene rings is 2. The summed E-state index contributed by atoms with van der Waals surface area (Å²) in [6.07, 6.45) is 0. The van der Waals surface area contributed by atoms with Crippen LogP contribution >= 0.6 is 27.5 Å². The van der Waals surface area contributed by atoms with Gasteiger partial charge >= 0.3 is 0 Å². The van der Waals surface area contributed by atoms with E-state index in [0.29, 0.717) is 27.7 Å². The highest BCUT2D eigenvalue weighted by Crippen LogP contribution is 2.33. The van der Waals surface area contributed by atoms with E-state index in [0.717, 1.165) is 9.99 Å². The average Bonchev–Trinajstić information content (AvgIpc) is 2.77. The molecule has 90 valence electrons. The number of fused-ring (bicyclic) bond motifs is 1. The van der Waals surface area contributed by atoms with Gasteiger partial charge in [0.15, 0.2) is 5.58 Å². The molecular weight excluding hydrogens is 316 g/mol. The molecule has 2 aromatic carbocycles. The smallest absolute Gasteiger partial charge is 0.228 e. The van der Waals surface area contributed by atoms with Gasteiger partial charge in [0.05, 0.1) is 15.1 Å². The molecule has 0 aliphatic carbocycles. The minimum atomic E-state index is 0.467. The molecule has 0 bridgehead atoms. The van der Waals surface area contributed by atoms with Crippen molar-refractivity contribution < 1.29 is 4.42 Å². The van der Waals surface area contributed by atoms with Gasteiger partial charge in [0.1, 0.15) is 5.52 Å². The van der Waals surface area contributed by atoms with Crippen molar-refractivity contribution in [3.05, 3.63) is 45.9 Å². The fourth-order valence-corrected chi connectivity index (χ4v) is 2.37. The number of para-hydroxylation sites is 1. The fraction of sp³-hybridized carbons (Fsp3) is 0. The minimum absolute atomic E-state index is 0.467. The molecule has 0 fully saturated rings. The highest BCUT2D eigenvalue weighted by Gasteiger charge is 2.13. The number of anilines is 1. The third-order valence-electron chi connectivity index (χ3n) is 2.59. The van der Waals surface area contributed by atoms with Gasteiger partial charge in [-0.15, -0.1) is 0 Å². The van der Waals surface area contributed by atoms with Crippen molar-refractivity contribution in [3.63, 3.8) is 0 Å². The second-order valence-electron chi connectivity index (χ2n) is 3.85. The standard InChI is InChI=1S/C13H8BrClN2O/c14-9-2-1-3-11-12(9)18-13(17-11)8-6-7(16)4-5-10(8)15/h1-6H,16H2. The number of rotatable bonds is 1. The molecule has 0 atom stereocenters. The number of halogens is 2. The molecule has 0 saturated heterocycles. The second kappa shape index (κ2) is 4.30. The van der Waals surface area contributed by atoms with Crippen LogP contribution in [0.3, 0.4) is 0 Å². The summed E-state index contributed by atoms with van der Waals surface area (Å²) in [5.41, 5.74) is 8.54. The molecule has 1 aromatic heterocycles. The lowest BCUT2D eigenvalue weighted by molar-refractivity contribution is 0.618. The summed E-state index contributed by atoms with van der Waals surface area (Å²) in [6.45, 7) is 0. The quantitative estimate of drug-likeness (QED) is 0.671. The van der Waals surface area contributed by atoms with Gasteiger partial charge < -0.3 is 10.2 Å². The molecule has 3 rings (SSSR count). The zero-order chi connectivity index (χ0) is 12.7. The lowest BCUT2D eigenvalue weighted by Gasteiger charge is -2.00. The van der Waals surface area contributed by atoms with Crippen LogP contribution in [0.5, 0.6) is 0 Å². The molecule has 0 spiro atoms. The SMILES string of the molecule is Nc1ccc(Cl)c(-c2nc3cccc(Br)c3o2)c1. The number of nitrogen functional groups attached to an aromatic ring is 1. The zero-order valence-electron chi connectivity index (χ0n) is 9.15. The molecule has 3 nitrogen and oxygen atoms in total. The van der Waals surface area contributed by atoms with Crippen molar-refractivity contribution in [2.75, 3.05) is 5.73 Å². The summed E-state index contributed by atoms with van der Waals surface area (Å²) in [6, 6.07) is 10.9. The van der Waals surface area contributed by atoms with Gasteiger partial charge in [-0.25, -0.2) is 4.98 Å². The van der Waals surface area contributed by atoms with Crippen molar-refractivity contribution in [2.24, 2.45) is 0 Å². The van der Waals surface area contributed by atoms with Crippen molar-refractivity contribution >= 4 is 44.3 Å². The molecule has 0 radical (unpaired) electrons. The van der Waals surface area contributed by atoms with Gasteiger partial charge in [0, 0.05) is 5.69 Å². The number of hydrogen-bond acceptors (Lipinski definition) is 3. The Kier molecular flexibility index (Phi) is 2.76. The van der Waals surface area contributed by atoms with E-state index in [1.165, 1.54) is 0 Å². The Morgan fingerprint density at radius 1 is 1.22 bits per heavy atom. The van der Waals surface area contributed by atoms with E-state index in [1.54, 1.807) is 18.2 Å². The van der Waals surface area contributed by atoms with Gasteiger partial charge in [0.25, 0.3) is 0 Å². The summed E-state index contributed by atoms with van der Waals surface area (Å²) in [4.78, 5) is 4.41. The first-order valence-corrected chi connectivity index (χ1v) is 6.43. The summed E-state index contributed by atoms with van der Waals surface area (Å²) in [5.74, 6) is 0.467. The first-order valence-electron chi connectivity index (χ1n) is 5.25. The van der Waals surface area contributed by atoms with Crippen LogP contribution in [0.2, 0.25) is 5.02 Å². The Morgan fingerprint density at radius 3 is 2.83 bits per heavy atom. The van der Waals surface area contributed by atoms with E-state index in [-0.39, 0.29) is 0 Å². The molecule has 1 heterocycles. The maximum atomic E-state index is 6.13. The number of hydrogen-bond donors (Lipinski definition) is 1. The van der Waals surface area contributed by atoms with Crippen molar-refractivity contribution in [1.29, 1.82) is 0 Å². The number of nitrogens with two attached hydrogens (primary N) is 1. The molecule has 0 amide bonds. The molecular formula is C13H8BrClN2O.